The Kier molecular flexibility index (Phi) is 4.24. The van der Waals surface area contributed by atoms with E-state index in [4.69, 9.17) is 11.5 Å². The highest BCUT2D eigenvalue weighted by atomic mass is 35.5. The topological polar surface area (TPSA) is 0 Å². The molecule has 0 unspecified atom stereocenters. The normalized spacial score (nSPS) is 9.83. The van der Waals surface area contributed by atoms with Crippen molar-refractivity contribution < 1.29 is 0 Å². The highest BCUT2D eigenvalue weighted by molar-refractivity contribution is 7.14. The van der Waals surface area contributed by atoms with Crippen LogP contribution in [0.5, 0.6) is 0 Å². The zero-order valence-electron chi connectivity index (χ0n) is 7.46. The van der Waals surface area contributed by atoms with Crippen LogP contribution in [0.15, 0.2) is 30.3 Å². The molecule has 64 valence electrons. The van der Waals surface area contributed by atoms with Crippen molar-refractivity contribution >= 4 is 23.1 Å². The third-order valence-electron chi connectivity index (χ3n) is 1.97. The Morgan fingerprint density at radius 2 is 1.92 bits per heavy atom. The summed E-state index contributed by atoms with van der Waals surface area (Å²) in [7, 11) is 0. The van der Waals surface area contributed by atoms with Crippen LogP contribution in [0.3, 0.4) is 0 Å². The summed E-state index contributed by atoms with van der Waals surface area (Å²) >= 11 is 6.18. The van der Waals surface area contributed by atoms with Crippen molar-refractivity contribution in [2.75, 3.05) is 0 Å². The van der Waals surface area contributed by atoms with Gasteiger partial charge in [0.05, 0.1) is 0 Å². The molecule has 0 aliphatic heterocycles. The maximum Gasteiger partial charge on any atom is 0.283 e. The molecule has 0 nitrogen and oxygen atoms in total. The quantitative estimate of drug-likeness (QED) is 0.625. The lowest BCUT2D eigenvalue weighted by molar-refractivity contribution is 0.879. The van der Waals surface area contributed by atoms with Crippen molar-refractivity contribution in [2.24, 2.45) is 0 Å². The van der Waals surface area contributed by atoms with Crippen LogP contribution in [0.2, 0.25) is 6.32 Å². The molecule has 0 amide bonds. The summed E-state index contributed by atoms with van der Waals surface area (Å²) in [6, 6.07) is 10.3. The summed E-state index contributed by atoms with van der Waals surface area (Å²) in [5.41, 5.74) is 1.24. The van der Waals surface area contributed by atoms with Gasteiger partial charge in [-0.2, -0.15) is 11.5 Å². The highest BCUT2D eigenvalue weighted by Gasteiger charge is 2.10. The lowest BCUT2D eigenvalue weighted by Gasteiger charge is -2.03. The second kappa shape index (κ2) is 5.26. The van der Waals surface area contributed by atoms with E-state index >= 15 is 0 Å². The first kappa shape index (κ1) is 9.66. The molecular formula is C10H14BCl. The molecule has 0 fully saturated rings. The van der Waals surface area contributed by atoms with Gasteiger partial charge in [0.25, 0.3) is 6.13 Å². The SMILES string of the molecule is CCCCB(Cl)c1ccccc1. The molecular weight excluding hydrogens is 166 g/mol. The average molecular weight is 180 g/mol. The smallest absolute Gasteiger partial charge is 0.189 e. The summed E-state index contributed by atoms with van der Waals surface area (Å²) in [4.78, 5) is 0. The zero-order valence-corrected chi connectivity index (χ0v) is 8.22. The van der Waals surface area contributed by atoms with Crippen molar-refractivity contribution in [2.45, 2.75) is 26.1 Å². The molecule has 0 aromatic heterocycles. The van der Waals surface area contributed by atoms with Gasteiger partial charge >= 0.3 is 0 Å². The Morgan fingerprint density at radius 1 is 1.25 bits per heavy atom. The minimum atomic E-state index is 0.200. The molecule has 0 atom stereocenters. The lowest BCUT2D eigenvalue weighted by atomic mass is 9.64. The fourth-order valence-electron chi connectivity index (χ4n) is 1.21. The third-order valence-corrected chi connectivity index (χ3v) is 2.44. The van der Waals surface area contributed by atoms with Gasteiger partial charge in [-0.1, -0.05) is 61.9 Å². The number of unbranched alkanes of at least 4 members (excludes halogenated alkanes) is 1. The van der Waals surface area contributed by atoms with Gasteiger partial charge in [-0.25, -0.2) is 0 Å². The van der Waals surface area contributed by atoms with Gasteiger partial charge in [0.1, 0.15) is 0 Å². The van der Waals surface area contributed by atoms with Crippen LogP contribution >= 0.6 is 11.5 Å². The summed E-state index contributed by atoms with van der Waals surface area (Å²) in [5, 5.41) is 0. The van der Waals surface area contributed by atoms with E-state index in [0.29, 0.717) is 0 Å². The molecule has 0 spiro atoms. The molecule has 12 heavy (non-hydrogen) atoms. The molecule has 0 heterocycles. The zero-order chi connectivity index (χ0) is 8.81. The maximum absolute atomic E-state index is 6.18. The van der Waals surface area contributed by atoms with E-state index in [1.165, 1.54) is 18.3 Å². The second-order valence-corrected chi connectivity index (χ2v) is 3.55. The number of hydrogen-bond acceptors (Lipinski definition) is 0. The van der Waals surface area contributed by atoms with E-state index in [2.05, 4.69) is 19.1 Å². The molecule has 0 N–H and O–H groups in total. The standard InChI is InChI=1S/C10H14BCl/c1-2-3-9-11(12)10-7-5-4-6-8-10/h4-8H,2-3,9H2,1H3. The summed E-state index contributed by atoms with van der Waals surface area (Å²) in [6.07, 6.45) is 3.72. The first-order valence-electron chi connectivity index (χ1n) is 4.53. The number of halogens is 1. The van der Waals surface area contributed by atoms with Gasteiger partial charge in [-0.05, 0) is 0 Å². The van der Waals surface area contributed by atoms with Crippen molar-refractivity contribution in [3.05, 3.63) is 30.3 Å². The summed E-state index contributed by atoms with van der Waals surface area (Å²) in [5.74, 6) is 0. The third kappa shape index (κ3) is 2.90. The van der Waals surface area contributed by atoms with Crippen molar-refractivity contribution in [1.29, 1.82) is 0 Å². The van der Waals surface area contributed by atoms with E-state index < -0.39 is 0 Å². The molecule has 1 aromatic carbocycles. The van der Waals surface area contributed by atoms with Crippen molar-refractivity contribution in [3.63, 3.8) is 0 Å². The van der Waals surface area contributed by atoms with Gasteiger partial charge in [0.2, 0.25) is 0 Å². The molecule has 0 bridgehead atoms. The maximum atomic E-state index is 6.18. The largest absolute Gasteiger partial charge is 0.283 e. The van der Waals surface area contributed by atoms with Crippen LogP contribution in [0.4, 0.5) is 0 Å². The van der Waals surface area contributed by atoms with Crippen molar-refractivity contribution in [3.8, 4) is 0 Å². The van der Waals surface area contributed by atoms with Crippen molar-refractivity contribution in [1.82, 2.24) is 0 Å². The molecule has 0 saturated carbocycles. The van der Waals surface area contributed by atoms with Gasteiger partial charge in [0, 0.05) is 0 Å². The Hall–Kier alpha value is -0.425. The average Bonchev–Trinajstić information content (AvgIpc) is 2.15. The monoisotopic (exact) mass is 180 g/mol. The fraction of sp³-hybridized carbons (Fsp3) is 0.400. The molecule has 0 saturated heterocycles. The predicted molar refractivity (Wildman–Crippen MR) is 57.4 cm³/mol. The molecule has 0 aliphatic carbocycles. The Labute approximate surface area is 79.9 Å². The first-order valence-corrected chi connectivity index (χ1v) is 4.97. The van der Waals surface area contributed by atoms with Crippen LogP contribution < -0.4 is 5.46 Å². The number of benzene rings is 1. The Bertz CT molecular complexity index is 210. The minimum Gasteiger partial charge on any atom is -0.189 e. The summed E-state index contributed by atoms with van der Waals surface area (Å²) < 4.78 is 0. The summed E-state index contributed by atoms with van der Waals surface area (Å²) in [6.45, 7) is 2.19. The molecule has 1 aromatic rings. The van der Waals surface area contributed by atoms with E-state index in [1.807, 2.05) is 18.2 Å². The van der Waals surface area contributed by atoms with Gasteiger partial charge in [0.15, 0.2) is 0 Å². The fourth-order valence-corrected chi connectivity index (χ4v) is 1.51. The van der Waals surface area contributed by atoms with Gasteiger partial charge in [-0.15, -0.1) is 0 Å². The first-order chi connectivity index (χ1) is 5.84. The van der Waals surface area contributed by atoms with Crippen LogP contribution in [-0.2, 0) is 0 Å². The van der Waals surface area contributed by atoms with Crippen LogP contribution in [0, 0.1) is 0 Å². The molecule has 0 radical (unpaired) electrons. The Balaban J connectivity index is 2.48. The molecule has 1 rings (SSSR count). The molecule has 2 heteroatoms. The highest BCUT2D eigenvalue weighted by Crippen LogP contribution is 2.04. The molecule has 0 aliphatic rings. The van der Waals surface area contributed by atoms with Crippen LogP contribution in [0.1, 0.15) is 19.8 Å². The number of rotatable bonds is 4. The van der Waals surface area contributed by atoms with Crippen LogP contribution in [-0.4, -0.2) is 6.13 Å². The lowest BCUT2D eigenvalue weighted by Crippen LogP contribution is -2.23. The van der Waals surface area contributed by atoms with E-state index in [-0.39, 0.29) is 6.13 Å². The van der Waals surface area contributed by atoms with Gasteiger partial charge in [-0.3, -0.25) is 0 Å². The minimum absolute atomic E-state index is 0.200. The van der Waals surface area contributed by atoms with E-state index in [1.54, 1.807) is 0 Å². The van der Waals surface area contributed by atoms with E-state index in [9.17, 15) is 0 Å². The predicted octanol–water partition coefficient (Wildman–Crippen LogP) is 2.92. The van der Waals surface area contributed by atoms with Crippen LogP contribution in [0.25, 0.3) is 0 Å². The van der Waals surface area contributed by atoms with E-state index in [0.717, 1.165) is 6.32 Å². The second-order valence-electron chi connectivity index (χ2n) is 3.02. The Morgan fingerprint density at radius 3 is 2.50 bits per heavy atom. The van der Waals surface area contributed by atoms with Gasteiger partial charge < -0.3 is 0 Å². The number of hydrogen-bond donors (Lipinski definition) is 0.